The van der Waals surface area contributed by atoms with Crippen LogP contribution in [0.1, 0.15) is 54.6 Å². The molecule has 2 saturated heterocycles. The van der Waals surface area contributed by atoms with Crippen molar-refractivity contribution in [2.24, 2.45) is 0 Å². The molecule has 5 heterocycles. The van der Waals surface area contributed by atoms with Crippen LogP contribution >= 0.6 is 0 Å². The van der Waals surface area contributed by atoms with Gasteiger partial charge < -0.3 is 30.1 Å². The fourth-order valence-electron chi connectivity index (χ4n) is 7.40. The summed E-state index contributed by atoms with van der Waals surface area (Å²) in [5, 5.41) is 6.89. The number of aromatic amines is 2. The van der Waals surface area contributed by atoms with Gasteiger partial charge in [0.25, 0.3) is 5.92 Å². The number of nitrogens with zero attached hydrogens (tertiary/aromatic N) is 2. The van der Waals surface area contributed by atoms with Gasteiger partial charge in [0.15, 0.2) is 5.79 Å². The van der Waals surface area contributed by atoms with E-state index in [1.807, 2.05) is 36.4 Å². The van der Waals surface area contributed by atoms with Crippen molar-refractivity contribution in [1.29, 1.82) is 0 Å². The van der Waals surface area contributed by atoms with Crippen molar-refractivity contribution in [1.82, 2.24) is 30.6 Å². The van der Waals surface area contributed by atoms with Crippen molar-refractivity contribution >= 4 is 11.0 Å². The maximum atomic E-state index is 16.1. The van der Waals surface area contributed by atoms with Gasteiger partial charge >= 0.3 is 0 Å². The molecule has 0 radical (unpaired) electrons. The fourth-order valence-corrected chi connectivity index (χ4v) is 7.40. The van der Waals surface area contributed by atoms with Gasteiger partial charge in [-0.1, -0.05) is 43.3 Å². The SMILES string of the molecule is CCC1=CCN[C@@H]1c1nc2ccc(-c3ccc4c(c3)C(F)(F)c3cc(-c5cnc(C6CC7(CN6)OCCO7)[nH]5)ccc3-4)cc2[nH]1. The fraction of sp³-hybridized carbons (Fsp3) is 0.314. The van der Waals surface area contributed by atoms with Crippen LogP contribution in [0.15, 0.2) is 72.4 Å². The van der Waals surface area contributed by atoms with E-state index in [1.54, 1.807) is 24.4 Å². The molecule has 228 valence electrons. The number of nitrogens with one attached hydrogen (secondary N) is 4. The number of H-pyrrole nitrogens is 2. The summed E-state index contributed by atoms with van der Waals surface area (Å²) in [5.41, 5.74) is 7.16. The third-order valence-electron chi connectivity index (χ3n) is 9.76. The average molecular weight is 607 g/mol. The van der Waals surface area contributed by atoms with Crippen molar-refractivity contribution < 1.29 is 18.3 Å². The van der Waals surface area contributed by atoms with Crippen LogP contribution in [0.3, 0.4) is 0 Å². The Kier molecular flexibility index (Phi) is 5.96. The summed E-state index contributed by atoms with van der Waals surface area (Å²) in [6.45, 7) is 4.73. The Labute approximate surface area is 258 Å². The molecule has 10 heteroatoms. The molecule has 0 saturated carbocycles. The van der Waals surface area contributed by atoms with Crippen LogP contribution < -0.4 is 10.6 Å². The van der Waals surface area contributed by atoms with E-state index >= 15 is 8.78 Å². The number of benzene rings is 3. The first-order valence-corrected chi connectivity index (χ1v) is 15.6. The second kappa shape index (κ2) is 9.89. The smallest absolute Gasteiger partial charge is 0.299 e. The van der Waals surface area contributed by atoms with Crippen LogP contribution in [0.25, 0.3) is 44.5 Å². The Balaban J connectivity index is 1.00. The molecule has 8 nitrogen and oxygen atoms in total. The molecule has 1 unspecified atom stereocenters. The first kappa shape index (κ1) is 27.1. The first-order valence-electron chi connectivity index (χ1n) is 15.6. The second-order valence-corrected chi connectivity index (χ2v) is 12.4. The second-order valence-electron chi connectivity index (χ2n) is 12.4. The highest BCUT2D eigenvalue weighted by molar-refractivity contribution is 5.87. The number of hydrogen-bond donors (Lipinski definition) is 4. The zero-order valence-corrected chi connectivity index (χ0v) is 24.7. The molecular weight excluding hydrogens is 574 g/mol. The third kappa shape index (κ3) is 4.24. The van der Waals surface area contributed by atoms with Gasteiger partial charge in [-0.3, -0.25) is 0 Å². The van der Waals surface area contributed by atoms with Crippen LogP contribution in [-0.4, -0.2) is 52.0 Å². The lowest BCUT2D eigenvalue weighted by Gasteiger charge is -2.19. The van der Waals surface area contributed by atoms with Crippen LogP contribution in [0.2, 0.25) is 0 Å². The Morgan fingerprint density at radius 2 is 1.60 bits per heavy atom. The van der Waals surface area contributed by atoms with Crippen LogP contribution in [0.4, 0.5) is 8.78 Å². The van der Waals surface area contributed by atoms with Crippen molar-refractivity contribution in [3.63, 3.8) is 0 Å². The molecule has 1 spiro atoms. The predicted molar refractivity (Wildman–Crippen MR) is 167 cm³/mol. The number of ether oxygens (including phenoxy) is 2. The summed E-state index contributed by atoms with van der Waals surface area (Å²) in [4.78, 5) is 16.2. The van der Waals surface area contributed by atoms with E-state index in [9.17, 15) is 0 Å². The van der Waals surface area contributed by atoms with Crippen molar-refractivity contribution in [2.45, 2.75) is 43.6 Å². The Hall–Kier alpha value is -4.22. The van der Waals surface area contributed by atoms with E-state index in [1.165, 1.54) is 5.57 Å². The highest BCUT2D eigenvalue weighted by Gasteiger charge is 2.46. The van der Waals surface area contributed by atoms with Crippen LogP contribution in [0.5, 0.6) is 0 Å². The Morgan fingerprint density at radius 3 is 2.40 bits per heavy atom. The van der Waals surface area contributed by atoms with E-state index in [-0.39, 0.29) is 23.2 Å². The average Bonchev–Trinajstić information content (AvgIpc) is 3.91. The van der Waals surface area contributed by atoms with Crippen LogP contribution in [-0.2, 0) is 15.4 Å². The lowest BCUT2D eigenvalue weighted by molar-refractivity contribution is -0.141. The lowest BCUT2D eigenvalue weighted by atomic mass is 9.98. The van der Waals surface area contributed by atoms with Crippen LogP contribution in [0, 0.1) is 0 Å². The number of imidazole rings is 2. The highest BCUT2D eigenvalue weighted by atomic mass is 19.3. The molecular formula is C35H32F2N6O2. The quantitative estimate of drug-likeness (QED) is 0.171. The third-order valence-corrected chi connectivity index (χ3v) is 9.76. The van der Waals surface area contributed by atoms with Gasteiger partial charge in [0.1, 0.15) is 11.6 Å². The Morgan fingerprint density at radius 1 is 0.867 bits per heavy atom. The van der Waals surface area contributed by atoms with E-state index in [0.29, 0.717) is 48.6 Å². The largest absolute Gasteiger partial charge is 0.346 e. The number of rotatable bonds is 5. The maximum absolute atomic E-state index is 16.1. The molecule has 9 rings (SSSR count). The van der Waals surface area contributed by atoms with Gasteiger partial charge in [-0.05, 0) is 58.5 Å². The van der Waals surface area contributed by atoms with Crippen molar-refractivity contribution in [3.05, 3.63) is 95.2 Å². The number of hydrogen-bond acceptors (Lipinski definition) is 6. The number of fused-ring (bicyclic) bond motifs is 4. The van der Waals surface area contributed by atoms with Gasteiger partial charge in [0.2, 0.25) is 0 Å². The van der Waals surface area contributed by atoms with E-state index in [2.05, 4.69) is 38.6 Å². The normalized spacial score (nSPS) is 22.8. The molecule has 1 aliphatic carbocycles. The molecule has 3 aliphatic heterocycles. The standard InChI is InChI=1S/C35H32F2N6O2/c1-2-19-9-10-38-31(19)33-41-27-8-5-21(15-28(27)42-33)20-3-6-23-24-7-4-22(14-26(24)35(36,37)25(23)13-20)30-17-39-32(43-30)29-16-34(18-40-29)44-11-12-45-34/h3-9,13-15,17,29,31,38,40H,2,10-12,16,18H2,1H3,(H,39,43)(H,41,42)/t29?,31-/m0/s1. The molecule has 2 fully saturated rings. The summed E-state index contributed by atoms with van der Waals surface area (Å²) in [5.74, 6) is -2.12. The summed E-state index contributed by atoms with van der Waals surface area (Å²) in [7, 11) is 0. The van der Waals surface area contributed by atoms with E-state index in [4.69, 9.17) is 14.5 Å². The molecule has 45 heavy (non-hydrogen) atoms. The summed E-state index contributed by atoms with van der Waals surface area (Å²) >= 11 is 0. The minimum absolute atomic E-state index is 0.00603. The molecule has 2 aromatic heterocycles. The van der Waals surface area contributed by atoms with E-state index in [0.717, 1.165) is 46.8 Å². The monoisotopic (exact) mass is 606 g/mol. The zero-order chi connectivity index (χ0) is 30.3. The van der Waals surface area contributed by atoms with Gasteiger partial charge in [-0.15, -0.1) is 0 Å². The maximum Gasteiger partial charge on any atom is 0.299 e. The molecule has 0 amide bonds. The highest BCUT2D eigenvalue weighted by Crippen LogP contribution is 2.52. The number of aromatic nitrogens is 4. The topological polar surface area (TPSA) is 99.9 Å². The summed E-state index contributed by atoms with van der Waals surface area (Å²) in [6.07, 6.45) is 5.52. The lowest BCUT2D eigenvalue weighted by Crippen LogP contribution is -2.32. The minimum atomic E-state index is -3.14. The number of halogens is 2. The Bertz CT molecular complexity index is 2010. The predicted octanol–water partition coefficient (Wildman–Crippen LogP) is 6.50. The molecule has 4 aliphatic rings. The van der Waals surface area contributed by atoms with Gasteiger partial charge in [0.05, 0.1) is 54.8 Å². The number of alkyl halides is 2. The summed E-state index contributed by atoms with van der Waals surface area (Å²) < 4.78 is 43.9. The first-order chi connectivity index (χ1) is 21.9. The van der Waals surface area contributed by atoms with Gasteiger partial charge in [-0.2, -0.15) is 8.78 Å². The summed E-state index contributed by atoms with van der Waals surface area (Å²) in [6, 6.07) is 16.6. The van der Waals surface area contributed by atoms with Gasteiger partial charge in [0, 0.05) is 29.7 Å². The van der Waals surface area contributed by atoms with Gasteiger partial charge in [-0.25, -0.2) is 9.97 Å². The van der Waals surface area contributed by atoms with E-state index < -0.39 is 11.7 Å². The molecule has 4 N–H and O–H groups in total. The molecule has 2 atom stereocenters. The van der Waals surface area contributed by atoms with Crippen molar-refractivity contribution in [3.8, 4) is 33.5 Å². The molecule has 5 aromatic rings. The molecule has 0 bridgehead atoms. The van der Waals surface area contributed by atoms with Crippen molar-refractivity contribution in [2.75, 3.05) is 26.3 Å². The minimum Gasteiger partial charge on any atom is -0.346 e. The zero-order valence-electron chi connectivity index (χ0n) is 24.7. The molecule has 3 aromatic carbocycles.